The summed E-state index contributed by atoms with van der Waals surface area (Å²) in [4.78, 5) is 0. The van der Waals surface area contributed by atoms with Crippen molar-refractivity contribution in [2.45, 2.75) is 13.3 Å². The minimum atomic E-state index is 0.679. The summed E-state index contributed by atoms with van der Waals surface area (Å²) in [6.07, 6.45) is 0.937. The monoisotopic (exact) mass is 305 g/mol. The summed E-state index contributed by atoms with van der Waals surface area (Å²) in [6, 6.07) is 23.0. The topological polar surface area (TPSA) is 44.5 Å². The van der Waals surface area contributed by atoms with Gasteiger partial charge in [-0.2, -0.15) is 0 Å². The molecule has 23 heavy (non-hydrogen) atoms. The van der Waals surface area contributed by atoms with Crippen molar-refractivity contribution in [2.24, 2.45) is 0 Å². The maximum Gasteiger partial charge on any atom is 0.130 e. The molecule has 3 heteroatoms. The van der Waals surface area contributed by atoms with E-state index < -0.39 is 0 Å². The zero-order valence-corrected chi connectivity index (χ0v) is 13.0. The highest BCUT2D eigenvalue weighted by molar-refractivity contribution is 5.46. The van der Waals surface area contributed by atoms with Gasteiger partial charge >= 0.3 is 0 Å². The van der Waals surface area contributed by atoms with Crippen LogP contribution < -0.4 is 15.2 Å². The Hall–Kier alpha value is -2.94. The minimum Gasteiger partial charge on any atom is -0.457 e. The summed E-state index contributed by atoms with van der Waals surface area (Å²) in [5, 5.41) is 0. The largest absolute Gasteiger partial charge is 0.457 e. The van der Waals surface area contributed by atoms with E-state index in [0.717, 1.165) is 29.4 Å². The van der Waals surface area contributed by atoms with Gasteiger partial charge in [0.2, 0.25) is 0 Å². The molecule has 3 aromatic rings. The molecule has 116 valence electrons. The summed E-state index contributed by atoms with van der Waals surface area (Å²) < 4.78 is 11.7. The minimum absolute atomic E-state index is 0.679. The van der Waals surface area contributed by atoms with Crippen LogP contribution in [0, 0.1) is 0 Å². The Labute approximate surface area is 136 Å². The fourth-order valence-electron chi connectivity index (χ4n) is 2.31. The van der Waals surface area contributed by atoms with Crippen molar-refractivity contribution in [1.29, 1.82) is 0 Å². The number of aryl methyl sites for hydroxylation is 1. The van der Waals surface area contributed by atoms with E-state index >= 15 is 0 Å². The molecular formula is C20H19NO2. The Morgan fingerprint density at radius 3 is 2.13 bits per heavy atom. The SMILES string of the molecule is CCc1ccccc1Oc1ccc(Oc2cccc(N)c2)cc1. The van der Waals surface area contributed by atoms with Gasteiger partial charge in [-0.25, -0.2) is 0 Å². The molecule has 0 aliphatic carbocycles. The molecule has 0 radical (unpaired) electrons. The lowest BCUT2D eigenvalue weighted by Gasteiger charge is -2.11. The third-order valence-electron chi connectivity index (χ3n) is 3.50. The van der Waals surface area contributed by atoms with E-state index in [1.165, 1.54) is 5.56 Å². The van der Waals surface area contributed by atoms with Crippen LogP contribution >= 0.6 is 0 Å². The van der Waals surface area contributed by atoms with Gasteiger partial charge in [0.25, 0.3) is 0 Å². The van der Waals surface area contributed by atoms with E-state index in [2.05, 4.69) is 13.0 Å². The number of para-hydroxylation sites is 1. The first-order valence-corrected chi connectivity index (χ1v) is 7.64. The highest BCUT2D eigenvalue weighted by atomic mass is 16.5. The van der Waals surface area contributed by atoms with Crippen LogP contribution in [-0.4, -0.2) is 0 Å². The molecule has 3 aromatic carbocycles. The molecule has 0 saturated carbocycles. The van der Waals surface area contributed by atoms with E-state index in [1.807, 2.05) is 60.7 Å². The van der Waals surface area contributed by atoms with Crippen molar-refractivity contribution >= 4 is 5.69 Å². The van der Waals surface area contributed by atoms with Gasteiger partial charge in [-0.1, -0.05) is 31.2 Å². The zero-order valence-electron chi connectivity index (χ0n) is 13.0. The fourth-order valence-corrected chi connectivity index (χ4v) is 2.31. The smallest absolute Gasteiger partial charge is 0.130 e. The van der Waals surface area contributed by atoms with Gasteiger partial charge in [0.05, 0.1) is 0 Å². The molecule has 0 heterocycles. The molecule has 0 fully saturated rings. The van der Waals surface area contributed by atoms with Crippen LogP contribution in [0.25, 0.3) is 0 Å². The fraction of sp³-hybridized carbons (Fsp3) is 0.100. The molecule has 0 bridgehead atoms. The molecule has 0 unspecified atom stereocenters. The van der Waals surface area contributed by atoms with Gasteiger partial charge in [0.15, 0.2) is 0 Å². The molecule has 3 rings (SSSR count). The van der Waals surface area contributed by atoms with Crippen molar-refractivity contribution in [2.75, 3.05) is 5.73 Å². The van der Waals surface area contributed by atoms with E-state index in [9.17, 15) is 0 Å². The Balaban J connectivity index is 1.72. The molecule has 2 N–H and O–H groups in total. The Morgan fingerprint density at radius 2 is 1.43 bits per heavy atom. The van der Waals surface area contributed by atoms with Crippen molar-refractivity contribution in [1.82, 2.24) is 0 Å². The standard InChI is InChI=1S/C20H19NO2/c1-2-15-6-3-4-9-20(15)23-18-12-10-17(11-13-18)22-19-8-5-7-16(21)14-19/h3-14H,2,21H2,1H3. The third kappa shape index (κ3) is 3.83. The molecule has 0 aromatic heterocycles. The van der Waals surface area contributed by atoms with Gasteiger partial charge in [-0.05, 0) is 54.4 Å². The van der Waals surface area contributed by atoms with Crippen molar-refractivity contribution in [3.63, 3.8) is 0 Å². The molecular weight excluding hydrogens is 286 g/mol. The lowest BCUT2D eigenvalue weighted by atomic mass is 10.1. The summed E-state index contributed by atoms with van der Waals surface area (Å²) in [7, 11) is 0. The number of hydrogen-bond donors (Lipinski definition) is 1. The Bertz CT molecular complexity index is 782. The van der Waals surface area contributed by atoms with Crippen LogP contribution in [-0.2, 0) is 6.42 Å². The first-order valence-electron chi connectivity index (χ1n) is 7.64. The van der Waals surface area contributed by atoms with Crippen molar-refractivity contribution < 1.29 is 9.47 Å². The van der Waals surface area contributed by atoms with E-state index in [-0.39, 0.29) is 0 Å². The number of nitrogens with two attached hydrogens (primary N) is 1. The number of anilines is 1. The molecule has 0 spiro atoms. The highest BCUT2D eigenvalue weighted by Crippen LogP contribution is 2.29. The van der Waals surface area contributed by atoms with Gasteiger partial charge in [-0.3, -0.25) is 0 Å². The molecule has 0 saturated heterocycles. The molecule has 0 aliphatic heterocycles. The number of benzene rings is 3. The van der Waals surface area contributed by atoms with E-state index in [1.54, 1.807) is 6.07 Å². The van der Waals surface area contributed by atoms with Crippen LogP contribution in [0.15, 0.2) is 72.8 Å². The maximum absolute atomic E-state index is 5.95. The number of nitrogen functional groups attached to an aromatic ring is 1. The predicted octanol–water partition coefficient (Wildman–Crippen LogP) is 5.42. The quantitative estimate of drug-likeness (QED) is 0.640. The van der Waals surface area contributed by atoms with Crippen LogP contribution in [0.3, 0.4) is 0 Å². The first-order chi connectivity index (χ1) is 11.2. The van der Waals surface area contributed by atoms with Gasteiger partial charge in [0, 0.05) is 11.8 Å². The second-order valence-electron chi connectivity index (χ2n) is 5.21. The Kier molecular flexibility index (Phi) is 4.48. The average Bonchev–Trinajstić information content (AvgIpc) is 2.57. The van der Waals surface area contributed by atoms with Gasteiger partial charge in [-0.15, -0.1) is 0 Å². The zero-order chi connectivity index (χ0) is 16.1. The third-order valence-corrected chi connectivity index (χ3v) is 3.50. The number of hydrogen-bond acceptors (Lipinski definition) is 3. The van der Waals surface area contributed by atoms with Crippen molar-refractivity contribution in [3.05, 3.63) is 78.4 Å². The lowest BCUT2D eigenvalue weighted by molar-refractivity contribution is 0.466. The molecule has 3 nitrogen and oxygen atoms in total. The van der Waals surface area contributed by atoms with Crippen LogP contribution in [0.4, 0.5) is 5.69 Å². The Morgan fingerprint density at radius 1 is 0.739 bits per heavy atom. The maximum atomic E-state index is 5.95. The average molecular weight is 305 g/mol. The second-order valence-corrected chi connectivity index (χ2v) is 5.21. The molecule has 0 aliphatic rings. The summed E-state index contributed by atoms with van der Waals surface area (Å²) in [6.45, 7) is 2.12. The molecule has 0 amide bonds. The predicted molar refractivity (Wildman–Crippen MR) is 93.3 cm³/mol. The van der Waals surface area contributed by atoms with Gasteiger partial charge < -0.3 is 15.2 Å². The van der Waals surface area contributed by atoms with E-state index in [4.69, 9.17) is 15.2 Å². The first kappa shape index (κ1) is 15.0. The number of ether oxygens (including phenoxy) is 2. The van der Waals surface area contributed by atoms with Crippen molar-refractivity contribution in [3.8, 4) is 23.0 Å². The highest BCUT2D eigenvalue weighted by Gasteiger charge is 2.03. The lowest BCUT2D eigenvalue weighted by Crippen LogP contribution is -1.90. The number of rotatable bonds is 5. The van der Waals surface area contributed by atoms with E-state index in [0.29, 0.717) is 5.69 Å². The molecule has 0 atom stereocenters. The van der Waals surface area contributed by atoms with Crippen LogP contribution in [0.5, 0.6) is 23.0 Å². The summed E-state index contributed by atoms with van der Waals surface area (Å²) in [5.41, 5.74) is 7.62. The second kappa shape index (κ2) is 6.88. The van der Waals surface area contributed by atoms with Crippen LogP contribution in [0.1, 0.15) is 12.5 Å². The normalized spacial score (nSPS) is 10.3. The van der Waals surface area contributed by atoms with Crippen LogP contribution in [0.2, 0.25) is 0 Å². The summed E-state index contributed by atoms with van der Waals surface area (Å²) in [5.74, 6) is 3.13. The summed E-state index contributed by atoms with van der Waals surface area (Å²) >= 11 is 0. The van der Waals surface area contributed by atoms with Gasteiger partial charge in [0.1, 0.15) is 23.0 Å².